The van der Waals surface area contributed by atoms with E-state index in [-0.39, 0.29) is 0 Å². The van der Waals surface area contributed by atoms with Crippen LogP contribution in [0.4, 0.5) is 11.5 Å². The van der Waals surface area contributed by atoms with E-state index in [1.165, 1.54) is 0 Å². The van der Waals surface area contributed by atoms with E-state index in [2.05, 4.69) is 20.9 Å². The topological polar surface area (TPSA) is 64.3 Å². The molecule has 0 aromatic carbocycles. The Morgan fingerprint density at radius 3 is 2.80 bits per heavy atom. The van der Waals surface area contributed by atoms with Crippen LogP contribution >= 0.6 is 0 Å². The van der Waals surface area contributed by atoms with Gasteiger partial charge < -0.3 is 15.4 Å². The van der Waals surface area contributed by atoms with Crippen LogP contribution in [-0.4, -0.2) is 36.3 Å². The van der Waals surface area contributed by atoms with Crippen LogP contribution in [0.15, 0.2) is 30.6 Å². The molecule has 20 heavy (non-hydrogen) atoms. The van der Waals surface area contributed by atoms with Crippen molar-refractivity contribution in [2.45, 2.75) is 6.92 Å². The van der Waals surface area contributed by atoms with Crippen LogP contribution in [0.25, 0.3) is 11.1 Å². The van der Waals surface area contributed by atoms with Crippen molar-refractivity contribution >= 4 is 11.5 Å². The van der Waals surface area contributed by atoms with Gasteiger partial charge in [-0.15, -0.1) is 0 Å². The molecule has 0 spiro atoms. The number of nitrogens with zero attached hydrogens (tertiary/aromatic N) is 3. The Hall–Kier alpha value is -2.14. The van der Waals surface area contributed by atoms with Crippen molar-refractivity contribution in [1.29, 1.82) is 0 Å². The highest BCUT2D eigenvalue weighted by molar-refractivity contribution is 5.71. The molecule has 0 radical (unpaired) electrons. The van der Waals surface area contributed by atoms with Gasteiger partial charge in [-0.05, 0) is 30.7 Å². The van der Waals surface area contributed by atoms with Crippen LogP contribution in [0.3, 0.4) is 0 Å². The first-order valence-corrected chi connectivity index (χ1v) is 6.75. The van der Waals surface area contributed by atoms with Crippen molar-refractivity contribution in [3.63, 3.8) is 0 Å². The van der Waals surface area contributed by atoms with E-state index >= 15 is 0 Å². The molecule has 0 saturated carbocycles. The van der Waals surface area contributed by atoms with Crippen molar-refractivity contribution in [3.05, 3.63) is 36.3 Å². The highest BCUT2D eigenvalue weighted by Gasteiger charge is 2.13. The van der Waals surface area contributed by atoms with Crippen LogP contribution in [0, 0.1) is 6.92 Å². The maximum Gasteiger partial charge on any atom is 0.129 e. The van der Waals surface area contributed by atoms with Gasteiger partial charge in [0, 0.05) is 30.5 Å². The number of rotatable bonds is 2. The molecule has 2 aromatic heterocycles. The number of aromatic nitrogens is 2. The molecule has 3 rings (SSSR count). The smallest absolute Gasteiger partial charge is 0.129 e. The minimum Gasteiger partial charge on any atom is -0.397 e. The number of nitrogens with two attached hydrogens (primary N) is 1. The second-order valence-electron chi connectivity index (χ2n) is 4.90. The number of hydrogen-bond acceptors (Lipinski definition) is 5. The lowest BCUT2D eigenvalue weighted by Crippen LogP contribution is -2.36. The lowest BCUT2D eigenvalue weighted by molar-refractivity contribution is 0.122. The van der Waals surface area contributed by atoms with Gasteiger partial charge in [-0.3, -0.25) is 4.98 Å². The molecule has 2 N–H and O–H groups in total. The molecule has 1 fully saturated rings. The lowest BCUT2D eigenvalue weighted by atomic mass is 10.1. The van der Waals surface area contributed by atoms with Crippen LogP contribution < -0.4 is 10.6 Å². The van der Waals surface area contributed by atoms with Crippen LogP contribution in [0.5, 0.6) is 0 Å². The summed E-state index contributed by atoms with van der Waals surface area (Å²) in [5, 5.41) is 0. The zero-order chi connectivity index (χ0) is 13.9. The number of aryl methyl sites for hydroxylation is 1. The summed E-state index contributed by atoms with van der Waals surface area (Å²) in [5.74, 6) is 0.979. The predicted octanol–water partition coefficient (Wildman–Crippen LogP) is 1.87. The van der Waals surface area contributed by atoms with Crippen molar-refractivity contribution in [2.24, 2.45) is 0 Å². The van der Waals surface area contributed by atoms with E-state index in [9.17, 15) is 0 Å². The first-order chi connectivity index (χ1) is 9.74. The second-order valence-corrected chi connectivity index (χ2v) is 4.90. The maximum atomic E-state index is 5.84. The summed E-state index contributed by atoms with van der Waals surface area (Å²) < 4.78 is 5.37. The fraction of sp³-hybridized carbons (Fsp3) is 0.333. The van der Waals surface area contributed by atoms with Gasteiger partial charge in [-0.25, -0.2) is 4.98 Å². The molecular formula is C15H18N4O. The Balaban J connectivity index is 1.96. The quantitative estimate of drug-likeness (QED) is 0.902. The Morgan fingerprint density at radius 2 is 2.00 bits per heavy atom. The summed E-state index contributed by atoms with van der Waals surface area (Å²) >= 11 is 0. The monoisotopic (exact) mass is 270 g/mol. The van der Waals surface area contributed by atoms with E-state index in [1.54, 1.807) is 6.20 Å². The normalized spacial score (nSPS) is 15.3. The molecule has 2 aromatic rings. The first kappa shape index (κ1) is 12.9. The van der Waals surface area contributed by atoms with Gasteiger partial charge in [0.15, 0.2) is 0 Å². The molecule has 0 aliphatic carbocycles. The van der Waals surface area contributed by atoms with Crippen molar-refractivity contribution < 1.29 is 4.74 Å². The van der Waals surface area contributed by atoms with E-state index in [0.29, 0.717) is 5.69 Å². The minimum atomic E-state index is 0.676. The van der Waals surface area contributed by atoms with E-state index in [4.69, 9.17) is 10.5 Å². The number of hydrogen-bond donors (Lipinski definition) is 1. The fourth-order valence-corrected chi connectivity index (χ4v) is 2.39. The largest absolute Gasteiger partial charge is 0.397 e. The maximum absolute atomic E-state index is 5.84. The summed E-state index contributed by atoms with van der Waals surface area (Å²) in [5.41, 5.74) is 9.64. The van der Waals surface area contributed by atoms with Crippen molar-refractivity contribution in [2.75, 3.05) is 36.9 Å². The third-order valence-electron chi connectivity index (χ3n) is 3.50. The summed E-state index contributed by atoms with van der Waals surface area (Å²) in [4.78, 5) is 11.0. The van der Waals surface area contributed by atoms with E-state index in [0.717, 1.165) is 48.9 Å². The van der Waals surface area contributed by atoms with Crippen LogP contribution in [0.1, 0.15) is 5.69 Å². The molecular weight excluding hydrogens is 252 g/mol. The zero-order valence-corrected chi connectivity index (χ0v) is 11.5. The van der Waals surface area contributed by atoms with Crippen LogP contribution in [0.2, 0.25) is 0 Å². The zero-order valence-electron chi connectivity index (χ0n) is 11.5. The minimum absolute atomic E-state index is 0.676. The molecule has 0 atom stereocenters. The molecule has 104 valence electrons. The molecule has 5 heteroatoms. The molecule has 5 nitrogen and oxygen atoms in total. The molecule has 0 bridgehead atoms. The number of nitrogen functional groups attached to an aromatic ring is 1. The number of pyridine rings is 2. The SMILES string of the molecule is Cc1ncc(N)cc1-c1ccnc(N2CCOCC2)c1. The highest BCUT2D eigenvalue weighted by Crippen LogP contribution is 2.26. The van der Waals surface area contributed by atoms with Crippen LogP contribution in [-0.2, 0) is 4.74 Å². The van der Waals surface area contributed by atoms with Gasteiger partial charge in [0.25, 0.3) is 0 Å². The van der Waals surface area contributed by atoms with Gasteiger partial charge in [0.05, 0.1) is 25.1 Å². The number of ether oxygens (including phenoxy) is 1. The molecule has 1 aliphatic rings. The summed E-state index contributed by atoms with van der Waals surface area (Å²) in [6, 6.07) is 6.04. The standard InChI is InChI=1S/C15H18N4O/c1-11-14(9-13(16)10-18-11)12-2-3-17-15(8-12)19-4-6-20-7-5-19/h2-3,8-10H,4-7,16H2,1H3. The Bertz CT molecular complexity index is 609. The van der Waals surface area contributed by atoms with E-state index in [1.807, 2.05) is 25.3 Å². The Labute approximate surface area is 118 Å². The second kappa shape index (κ2) is 5.46. The molecule has 1 saturated heterocycles. The van der Waals surface area contributed by atoms with Crippen molar-refractivity contribution in [3.8, 4) is 11.1 Å². The molecule has 3 heterocycles. The summed E-state index contributed by atoms with van der Waals surface area (Å²) in [7, 11) is 0. The lowest BCUT2D eigenvalue weighted by Gasteiger charge is -2.28. The molecule has 1 aliphatic heterocycles. The Morgan fingerprint density at radius 1 is 1.20 bits per heavy atom. The summed E-state index contributed by atoms with van der Waals surface area (Å²) in [6.45, 7) is 5.26. The molecule has 0 amide bonds. The third-order valence-corrected chi connectivity index (χ3v) is 3.50. The average molecular weight is 270 g/mol. The number of morpholine rings is 1. The number of anilines is 2. The van der Waals surface area contributed by atoms with Gasteiger partial charge in [-0.1, -0.05) is 0 Å². The fourth-order valence-electron chi connectivity index (χ4n) is 2.39. The molecule has 0 unspecified atom stereocenters. The van der Waals surface area contributed by atoms with Gasteiger partial charge in [-0.2, -0.15) is 0 Å². The van der Waals surface area contributed by atoms with E-state index < -0.39 is 0 Å². The van der Waals surface area contributed by atoms with Crippen molar-refractivity contribution in [1.82, 2.24) is 9.97 Å². The predicted molar refractivity (Wildman–Crippen MR) is 79.6 cm³/mol. The average Bonchev–Trinajstić information content (AvgIpc) is 2.51. The van der Waals surface area contributed by atoms with Gasteiger partial charge in [0.2, 0.25) is 0 Å². The highest BCUT2D eigenvalue weighted by atomic mass is 16.5. The van der Waals surface area contributed by atoms with Gasteiger partial charge >= 0.3 is 0 Å². The third kappa shape index (κ3) is 2.58. The van der Waals surface area contributed by atoms with Gasteiger partial charge in [0.1, 0.15) is 5.82 Å². The first-order valence-electron chi connectivity index (χ1n) is 6.75. The Kier molecular flexibility index (Phi) is 3.52. The summed E-state index contributed by atoms with van der Waals surface area (Å²) in [6.07, 6.45) is 3.52.